The SMILES string of the molecule is Cc1ccc(N2C(=O)C(=O)/C(=C(/O)c3ccc(Cl)c(Cl)c3)C2c2cccc(OC(C)C)c2)cc1C. The third-order valence-electron chi connectivity index (χ3n) is 5.95. The maximum Gasteiger partial charge on any atom is 0.300 e. The van der Waals surface area contributed by atoms with E-state index in [0.717, 1.165) is 11.1 Å². The van der Waals surface area contributed by atoms with E-state index in [-0.39, 0.29) is 28.0 Å². The second-order valence-electron chi connectivity index (χ2n) is 8.81. The standard InChI is InChI=1S/C28H25Cl2NO4/c1-15(2)35-21-7-5-6-18(13-21)25-24(26(32)19-9-11-22(29)23(30)14-19)27(33)28(34)31(25)20-10-8-16(3)17(4)12-20/h5-15,25,32H,1-4H3/b26-24+. The number of Topliss-reactive ketones (excluding diaryl/α,β-unsaturated/α-hetero) is 1. The molecule has 0 radical (unpaired) electrons. The van der Waals surface area contributed by atoms with Crippen molar-refractivity contribution in [2.24, 2.45) is 0 Å². The minimum atomic E-state index is -0.873. The number of aliphatic hydroxyl groups is 1. The minimum Gasteiger partial charge on any atom is -0.507 e. The van der Waals surface area contributed by atoms with Crippen LogP contribution in [0, 0.1) is 13.8 Å². The number of hydrogen-bond donors (Lipinski definition) is 1. The summed E-state index contributed by atoms with van der Waals surface area (Å²) in [4.78, 5) is 28.1. The van der Waals surface area contributed by atoms with Gasteiger partial charge in [-0.15, -0.1) is 0 Å². The predicted molar refractivity (Wildman–Crippen MR) is 139 cm³/mol. The van der Waals surface area contributed by atoms with Crippen LogP contribution in [0.2, 0.25) is 10.0 Å². The van der Waals surface area contributed by atoms with E-state index in [9.17, 15) is 14.7 Å². The maximum atomic E-state index is 13.4. The molecule has 1 aliphatic rings. The number of carbonyl (C=O) groups is 2. The van der Waals surface area contributed by atoms with Crippen LogP contribution in [0.1, 0.15) is 42.1 Å². The van der Waals surface area contributed by atoms with E-state index in [0.29, 0.717) is 22.0 Å². The number of aliphatic hydroxyl groups excluding tert-OH is 1. The number of halogens is 2. The van der Waals surface area contributed by atoms with Gasteiger partial charge in [0.15, 0.2) is 0 Å². The molecule has 1 saturated heterocycles. The molecule has 180 valence electrons. The summed E-state index contributed by atoms with van der Waals surface area (Å²) in [5, 5.41) is 11.8. The zero-order chi connectivity index (χ0) is 25.4. The average molecular weight is 510 g/mol. The molecule has 4 rings (SSSR count). The van der Waals surface area contributed by atoms with Gasteiger partial charge in [0.25, 0.3) is 11.7 Å². The van der Waals surface area contributed by atoms with Gasteiger partial charge in [-0.1, -0.05) is 41.4 Å². The van der Waals surface area contributed by atoms with Crippen LogP contribution in [0.3, 0.4) is 0 Å². The largest absolute Gasteiger partial charge is 0.507 e. The summed E-state index contributed by atoms with van der Waals surface area (Å²) in [6.07, 6.45) is -0.0624. The minimum absolute atomic E-state index is 0.0340. The van der Waals surface area contributed by atoms with E-state index in [4.69, 9.17) is 27.9 Å². The number of amides is 1. The molecular formula is C28H25Cl2NO4. The van der Waals surface area contributed by atoms with Crippen molar-refractivity contribution in [2.75, 3.05) is 4.90 Å². The van der Waals surface area contributed by atoms with Gasteiger partial charge in [0.1, 0.15) is 11.5 Å². The molecule has 0 bridgehead atoms. The van der Waals surface area contributed by atoms with E-state index >= 15 is 0 Å². The molecule has 7 heteroatoms. The number of aryl methyl sites for hydroxylation is 2. The lowest BCUT2D eigenvalue weighted by Crippen LogP contribution is -2.29. The number of rotatable bonds is 5. The highest BCUT2D eigenvalue weighted by Crippen LogP contribution is 2.43. The first kappa shape index (κ1) is 24.8. The Balaban J connectivity index is 1.95. The van der Waals surface area contributed by atoms with Gasteiger partial charge < -0.3 is 9.84 Å². The van der Waals surface area contributed by atoms with E-state index in [1.54, 1.807) is 30.3 Å². The lowest BCUT2D eigenvalue weighted by atomic mass is 9.94. The summed E-state index contributed by atoms with van der Waals surface area (Å²) in [5.74, 6) is -1.24. The number of anilines is 1. The first-order valence-electron chi connectivity index (χ1n) is 11.2. The Morgan fingerprint density at radius 1 is 0.943 bits per heavy atom. The molecule has 0 saturated carbocycles. The Morgan fingerprint density at radius 2 is 1.69 bits per heavy atom. The molecular weight excluding hydrogens is 485 g/mol. The highest BCUT2D eigenvalue weighted by Gasteiger charge is 2.47. The van der Waals surface area contributed by atoms with Crippen molar-refractivity contribution in [2.45, 2.75) is 39.8 Å². The quantitative estimate of drug-likeness (QED) is 0.228. The van der Waals surface area contributed by atoms with Crippen LogP contribution in [0.25, 0.3) is 5.76 Å². The monoisotopic (exact) mass is 509 g/mol. The predicted octanol–water partition coefficient (Wildman–Crippen LogP) is 7.02. The third-order valence-corrected chi connectivity index (χ3v) is 6.69. The van der Waals surface area contributed by atoms with Crippen LogP contribution in [0.15, 0.2) is 66.2 Å². The lowest BCUT2D eigenvalue weighted by Gasteiger charge is -2.26. The molecule has 3 aromatic rings. The molecule has 1 fully saturated rings. The Kier molecular flexibility index (Phi) is 6.93. The van der Waals surface area contributed by atoms with Crippen LogP contribution in [-0.2, 0) is 9.59 Å². The summed E-state index contributed by atoms with van der Waals surface area (Å²) in [7, 11) is 0. The average Bonchev–Trinajstić information content (AvgIpc) is 3.07. The van der Waals surface area contributed by atoms with Crippen molar-refractivity contribution in [3.63, 3.8) is 0 Å². The summed E-state index contributed by atoms with van der Waals surface area (Å²) in [5.41, 5.74) is 3.48. The van der Waals surface area contributed by atoms with Crippen LogP contribution < -0.4 is 9.64 Å². The molecule has 1 atom stereocenters. The zero-order valence-corrected chi connectivity index (χ0v) is 21.3. The molecule has 35 heavy (non-hydrogen) atoms. The third kappa shape index (κ3) is 4.79. The summed E-state index contributed by atoms with van der Waals surface area (Å²) >= 11 is 12.2. The topological polar surface area (TPSA) is 66.8 Å². The Bertz CT molecular complexity index is 1360. The molecule has 0 aliphatic carbocycles. The van der Waals surface area contributed by atoms with E-state index in [1.807, 2.05) is 45.9 Å². The second kappa shape index (κ2) is 9.76. The number of carbonyl (C=O) groups excluding carboxylic acids is 2. The fourth-order valence-corrected chi connectivity index (χ4v) is 4.42. The second-order valence-corrected chi connectivity index (χ2v) is 9.62. The number of ether oxygens (including phenoxy) is 1. The van der Waals surface area contributed by atoms with Gasteiger partial charge in [-0.3, -0.25) is 14.5 Å². The number of benzene rings is 3. The van der Waals surface area contributed by atoms with E-state index < -0.39 is 17.7 Å². The van der Waals surface area contributed by atoms with E-state index in [2.05, 4.69) is 0 Å². The smallest absolute Gasteiger partial charge is 0.300 e. The van der Waals surface area contributed by atoms with Crippen molar-refractivity contribution in [1.29, 1.82) is 0 Å². The van der Waals surface area contributed by atoms with Crippen LogP contribution in [0.5, 0.6) is 5.75 Å². The molecule has 1 heterocycles. The Hall–Kier alpha value is -3.28. The van der Waals surface area contributed by atoms with E-state index in [1.165, 1.54) is 17.0 Å². The maximum absolute atomic E-state index is 13.4. The molecule has 1 unspecified atom stereocenters. The van der Waals surface area contributed by atoms with Crippen LogP contribution in [0.4, 0.5) is 5.69 Å². The lowest BCUT2D eigenvalue weighted by molar-refractivity contribution is -0.132. The Labute approximate surface area is 214 Å². The normalized spacial score (nSPS) is 17.3. The van der Waals surface area contributed by atoms with Gasteiger partial charge >= 0.3 is 0 Å². The fourth-order valence-electron chi connectivity index (χ4n) is 4.12. The summed E-state index contributed by atoms with van der Waals surface area (Å²) < 4.78 is 5.85. The van der Waals surface area contributed by atoms with Crippen molar-refractivity contribution >= 4 is 46.3 Å². The van der Waals surface area contributed by atoms with Crippen molar-refractivity contribution < 1.29 is 19.4 Å². The molecule has 5 nitrogen and oxygen atoms in total. The van der Waals surface area contributed by atoms with Crippen LogP contribution in [-0.4, -0.2) is 22.9 Å². The summed E-state index contributed by atoms with van der Waals surface area (Å²) in [6, 6.07) is 16.4. The van der Waals surface area contributed by atoms with Crippen LogP contribution >= 0.6 is 23.2 Å². The first-order chi connectivity index (χ1) is 16.6. The molecule has 0 aromatic heterocycles. The first-order valence-corrected chi connectivity index (χ1v) is 11.9. The number of nitrogens with zero attached hydrogens (tertiary/aromatic N) is 1. The van der Waals surface area contributed by atoms with Crippen molar-refractivity contribution in [3.05, 3.63) is 98.5 Å². The number of ketones is 1. The highest BCUT2D eigenvalue weighted by molar-refractivity contribution is 6.51. The zero-order valence-electron chi connectivity index (χ0n) is 19.8. The summed E-state index contributed by atoms with van der Waals surface area (Å²) in [6.45, 7) is 7.75. The van der Waals surface area contributed by atoms with Gasteiger partial charge in [-0.2, -0.15) is 0 Å². The van der Waals surface area contributed by atoms with Gasteiger partial charge in [-0.25, -0.2) is 0 Å². The van der Waals surface area contributed by atoms with Gasteiger partial charge in [-0.05, 0) is 86.8 Å². The molecule has 1 N–H and O–H groups in total. The van der Waals surface area contributed by atoms with Gasteiger partial charge in [0.2, 0.25) is 0 Å². The van der Waals surface area contributed by atoms with Crippen molar-refractivity contribution in [3.8, 4) is 5.75 Å². The molecule has 1 amide bonds. The van der Waals surface area contributed by atoms with Gasteiger partial charge in [0.05, 0.1) is 27.8 Å². The van der Waals surface area contributed by atoms with Crippen molar-refractivity contribution in [1.82, 2.24) is 0 Å². The fraction of sp³-hybridized carbons (Fsp3) is 0.214. The highest BCUT2D eigenvalue weighted by atomic mass is 35.5. The molecule has 0 spiro atoms. The molecule has 1 aliphatic heterocycles. The number of hydrogen-bond acceptors (Lipinski definition) is 4. The van der Waals surface area contributed by atoms with Gasteiger partial charge in [0, 0.05) is 11.3 Å². The Morgan fingerprint density at radius 3 is 2.34 bits per heavy atom. The molecule has 3 aromatic carbocycles.